The predicted octanol–water partition coefficient (Wildman–Crippen LogP) is -0.0411. The number of likely N-dealkylation sites (tertiary alicyclic amines) is 1. The van der Waals surface area contributed by atoms with Crippen molar-refractivity contribution in [2.24, 2.45) is 0 Å². The molecule has 82 valence electrons. The van der Waals surface area contributed by atoms with Crippen LogP contribution in [0.2, 0.25) is 0 Å². The number of hydrogen-bond acceptors (Lipinski definition) is 4. The first kappa shape index (κ1) is 11.3. The molecule has 5 nitrogen and oxygen atoms in total. The van der Waals surface area contributed by atoms with Crippen molar-refractivity contribution in [2.45, 2.75) is 38.6 Å². The highest BCUT2D eigenvalue weighted by Crippen LogP contribution is 2.15. The number of aliphatic hydroxyl groups excluding tert-OH is 2. The number of rotatable bonds is 0. The summed E-state index contributed by atoms with van der Waals surface area (Å²) in [5.41, 5.74) is -0.546. The van der Waals surface area contributed by atoms with Crippen LogP contribution >= 0.6 is 0 Å². The van der Waals surface area contributed by atoms with Gasteiger partial charge in [-0.25, -0.2) is 4.79 Å². The Bertz CT molecular complexity index is 213. The third-order valence-electron chi connectivity index (χ3n) is 1.91. The highest BCUT2D eigenvalue weighted by Gasteiger charge is 2.34. The van der Waals surface area contributed by atoms with E-state index < -0.39 is 23.9 Å². The van der Waals surface area contributed by atoms with Crippen molar-refractivity contribution >= 4 is 6.09 Å². The zero-order valence-electron chi connectivity index (χ0n) is 8.73. The van der Waals surface area contributed by atoms with Crippen LogP contribution in [0.25, 0.3) is 0 Å². The number of nitrogens with zero attached hydrogens (tertiary/aromatic N) is 1. The summed E-state index contributed by atoms with van der Waals surface area (Å²) in [4.78, 5) is 12.7. The molecule has 1 heterocycles. The van der Waals surface area contributed by atoms with Crippen LogP contribution in [-0.4, -0.2) is 52.1 Å². The van der Waals surface area contributed by atoms with Gasteiger partial charge in [0.1, 0.15) is 5.60 Å². The summed E-state index contributed by atoms with van der Waals surface area (Å²) in [6.45, 7) is 5.58. The molecule has 1 aliphatic rings. The summed E-state index contributed by atoms with van der Waals surface area (Å²) < 4.78 is 5.08. The molecule has 2 atom stereocenters. The number of carbonyl (C=O) groups is 1. The van der Waals surface area contributed by atoms with Crippen LogP contribution < -0.4 is 0 Å². The van der Waals surface area contributed by atoms with Gasteiger partial charge in [0.05, 0.1) is 25.3 Å². The molecule has 2 N–H and O–H groups in total. The van der Waals surface area contributed by atoms with E-state index in [2.05, 4.69) is 0 Å². The van der Waals surface area contributed by atoms with Crippen LogP contribution in [0, 0.1) is 0 Å². The van der Waals surface area contributed by atoms with Crippen molar-refractivity contribution in [3.05, 3.63) is 0 Å². The Morgan fingerprint density at radius 3 is 2.07 bits per heavy atom. The van der Waals surface area contributed by atoms with Crippen LogP contribution in [0.1, 0.15) is 20.8 Å². The fourth-order valence-electron chi connectivity index (χ4n) is 1.25. The minimum Gasteiger partial charge on any atom is -0.444 e. The van der Waals surface area contributed by atoms with Gasteiger partial charge >= 0.3 is 6.09 Å². The topological polar surface area (TPSA) is 70.0 Å². The number of amides is 1. The lowest BCUT2D eigenvalue weighted by Crippen LogP contribution is -2.36. The molecule has 0 aromatic heterocycles. The fraction of sp³-hybridized carbons (Fsp3) is 0.889. The lowest BCUT2D eigenvalue weighted by molar-refractivity contribution is 0.0267. The van der Waals surface area contributed by atoms with E-state index in [-0.39, 0.29) is 13.1 Å². The van der Waals surface area contributed by atoms with E-state index in [9.17, 15) is 15.0 Å². The molecule has 0 aromatic carbocycles. The second-order valence-corrected chi connectivity index (χ2v) is 4.52. The van der Waals surface area contributed by atoms with E-state index in [1.807, 2.05) is 0 Å². The molecule has 0 aliphatic carbocycles. The Morgan fingerprint density at radius 1 is 1.29 bits per heavy atom. The van der Waals surface area contributed by atoms with Crippen molar-refractivity contribution < 1.29 is 19.7 Å². The molecule has 1 rings (SSSR count). The quantitative estimate of drug-likeness (QED) is 0.579. The molecule has 14 heavy (non-hydrogen) atoms. The molecular formula is C9H17NO4. The molecule has 0 radical (unpaired) electrons. The highest BCUT2D eigenvalue weighted by molar-refractivity contribution is 5.68. The minimum atomic E-state index is -0.859. The Kier molecular flexibility index (Phi) is 3.01. The molecule has 1 aliphatic heterocycles. The van der Waals surface area contributed by atoms with Gasteiger partial charge < -0.3 is 19.8 Å². The summed E-state index contributed by atoms with van der Waals surface area (Å²) in [7, 11) is 0. The first-order valence-corrected chi connectivity index (χ1v) is 4.63. The summed E-state index contributed by atoms with van der Waals surface area (Å²) in [6, 6.07) is 0. The van der Waals surface area contributed by atoms with E-state index in [0.717, 1.165) is 0 Å². The summed E-state index contributed by atoms with van der Waals surface area (Å²) in [5.74, 6) is 0. The minimum absolute atomic E-state index is 0.135. The lowest BCUT2D eigenvalue weighted by Gasteiger charge is -2.24. The lowest BCUT2D eigenvalue weighted by atomic mass is 10.2. The van der Waals surface area contributed by atoms with Gasteiger partial charge in [-0.15, -0.1) is 0 Å². The second kappa shape index (κ2) is 3.74. The Labute approximate surface area is 83.3 Å². The first-order valence-electron chi connectivity index (χ1n) is 4.63. The molecule has 0 spiro atoms. The van der Waals surface area contributed by atoms with Crippen LogP contribution in [-0.2, 0) is 4.74 Å². The number of carbonyl (C=O) groups excluding carboxylic acids is 1. The van der Waals surface area contributed by atoms with E-state index in [1.54, 1.807) is 20.8 Å². The molecule has 1 amide bonds. The van der Waals surface area contributed by atoms with Crippen molar-refractivity contribution in [1.82, 2.24) is 4.90 Å². The van der Waals surface area contributed by atoms with Gasteiger partial charge in [0.2, 0.25) is 0 Å². The van der Waals surface area contributed by atoms with Crippen molar-refractivity contribution in [2.75, 3.05) is 13.1 Å². The van der Waals surface area contributed by atoms with E-state index in [0.29, 0.717) is 0 Å². The molecule has 1 unspecified atom stereocenters. The first-order chi connectivity index (χ1) is 6.29. The molecule has 1 saturated heterocycles. The molecule has 0 saturated carbocycles. The molecule has 0 aromatic rings. The van der Waals surface area contributed by atoms with E-state index in [1.165, 1.54) is 4.90 Å². The van der Waals surface area contributed by atoms with Crippen molar-refractivity contribution in [1.29, 1.82) is 0 Å². The van der Waals surface area contributed by atoms with E-state index in [4.69, 9.17) is 4.74 Å². The average molecular weight is 203 g/mol. The van der Waals surface area contributed by atoms with Gasteiger partial charge in [-0.05, 0) is 20.8 Å². The van der Waals surface area contributed by atoms with Crippen molar-refractivity contribution in [3.63, 3.8) is 0 Å². The normalized spacial score (nSPS) is 27.9. The van der Waals surface area contributed by atoms with Gasteiger partial charge in [0, 0.05) is 0 Å². The van der Waals surface area contributed by atoms with Gasteiger partial charge in [-0.2, -0.15) is 0 Å². The third kappa shape index (κ3) is 2.85. The van der Waals surface area contributed by atoms with Gasteiger partial charge in [-0.1, -0.05) is 0 Å². The SMILES string of the molecule is CC(C)(C)OC(=O)N1CC(O)[C@@H](O)C1. The summed E-state index contributed by atoms with van der Waals surface area (Å²) in [6.07, 6.45) is -2.21. The number of β-amino-alcohol motifs (C(OH)–C–C–N with tert-alkyl or cyclic N) is 2. The number of hydrogen-bond donors (Lipinski definition) is 2. The zero-order valence-corrected chi connectivity index (χ0v) is 8.73. The summed E-state index contributed by atoms with van der Waals surface area (Å²) in [5, 5.41) is 18.4. The zero-order chi connectivity index (χ0) is 10.9. The Morgan fingerprint density at radius 2 is 1.71 bits per heavy atom. The summed E-state index contributed by atoms with van der Waals surface area (Å²) >= 11 is 0. The van der Waals surface area contributed by atoms with Gasteiger partial charge in [-0.3, -0.25) is 0 Å². The van der Waals surface area contributed by atoms with Crippen LogP contribution in [0.5, 0.6) is 0 Å². The highest BCUT2D eigenvalue weighted by atomic mass is 16.6. The predicted molar refractivity (Wildman–Crippen MR) is 49.8 cm³/mol. The van der Waals surface area contributed by atoms with Crippen LogP contribution in [0.15, 0.2) is 0 Å². The second-order valence-electron chi connectivity index (χ2n) is 4.52. The standard InChI is InChI=1S/C9H17NO4/c1-9(2,3)14-8(13)10-4-6(11)7(12)5-10/h6-7,11-12H,4-5H2,1-3H3/t6-,7?/m0/s1. The smallest absolute Gasteiger partial charge is 0.410 e. The number of ether oxygens (including phenoxy) is 1. The van der Waals surface area contributed by atoms with Gasteiger partial charge in [0.25, 0.3) is 0 Å². The van der Waals surface area contributed by atoms with E-state index >= 15 is 0 Å². The molecule has 5 heteroatoms. The largest absolute Gasteiger partial charge is 0.444 e. The van der Waals surface area contributed by atoms with Crippen LogP contribution in [0.3, 0.4) is 0 Å². The third-order valence-corrected chi connectivity index (χ3v) is 1.91. The molecule has 1 fully saturated rings. The monoisotopic (exact) mass is 203 g/mol. The Hall–Kier alpha value is -0.810. The van der Waals surface area contributed by atoms with Crippen molar-refractivity contribution in [3.8, 4) is 0 Å². The maximum absolute atomic E-state index is 11.4. The Balaban J connectivity index is 2.48. The number of aliphatic hydroxyl groups is 2. The van der Waals surface area contributed by atoms with Gasteiger partial charge in [0.15, 0.2) is 0 Å². The maximum Gasteiger partial charge on any atom is 0.410 e. The fourth-order valence-corrected chi connectivity index (χ4v) is 1.25. The molecule has 0 bridgehead atoms. The average Bonchev–Trinajstić information content (AvgIpc) is 2.28. The van der Waals surface area contributed by atoms with Crippen LogP contribution in [0.4, 0.5) is 4.79 Å². The molecular weight excluding hydrogens is 186 g/mol. The maximum atomic E-state index is 11.4.